The second kappa shape index (κ2) is 6.64. The van der Waals surface area contributed by atoms with Gasteiger partial charge in [0.05, 0.1) is 11.1 Å². The van der Waals surface area contributed by atoms with Crippen LogP contribution in [-0.2, 0) is 6.18 Å². The predicted octanol–water partition coefficient (Wildman–Crippen LogP) is 4.24. The molecule has 1 amide bonds. The number of benzene rings is 2. The zero-order valence-electron chi connectivity index (χ0n) is 12.0. The highest BCUT2D eigenvalue weighted by Gasteiger charge is 2.34. The van der Waals surface area contributed by atoms with Gasteiger partial charge in [-0.25, -0.2) is 0 Å². The number of rotatable bonds is 4. The van der Waals surface area contributed by atoms with Crippen LogP contribution in [0.25, 0.3) is 0 Å². The topological polar surface area (TPSA) is 29.1 Å². The number of hydrogen-bond donors (Lipinski definition) is 1. The van der Waals surface area contributed by atoms with Crippen molar-refractivity contribution in [2.45, 2.75) is 19.0 Å². The van der Waals surface area contributed by atoms with Gasteiger partial charge in [0.1, 0.15) is 0 Å². The summed E-state index contributed by atoms with van der Waals surface area (Å²) in [6.45, 7) is 2.18. The van der Waals surface area contributed by atoms with Gasteiger partial charge in [0, 0.05) is 6.54 Å². The van der Waals surface area contributed by atoms with Gasteiger partial charge < -0.3 is 5.32 Å². The van der Waals surface area contributed by atoms with Gasteiger partial charge in [0.15, 0.2) is 0 Å². The molecule has 5 heteroatoms. The van der Waals surface area contributed by atoms with Crippen LogP contribution in [0.1, 0.15) is 34.3 Å². The predicted molar refractivity (Wildman–Crippen MR) is 78.6 cm³/mol. The molecule has 0 saturated heterocycles. The Morgan fingerprint density at radius 2 is 1.64 bits per heavy atom. The molecule has 0 bridgehead atoms. The standard InChI is InChI=1S/C17H16F3NO/c1-12(13-7-3-2-4-8-13)11-21-16(22)14-9-5-6-10-15(14)17(18,19)20/h2-10,12H,11H2,1H3,(H,21,22). The first-order valence-electron chi connectivity index (χ1n) is 6.89. The minimum atomic E-state index is -4.54. The lowest BCUT2D eigenvalue weighted by atomic mass is 10.0. The van der Waals surface area contributed by atoms with Gasteiger partial charge in [-0.05, 0) is 23.6 Å². The first-order valence-corrected chi connectivity index (χ1v) is 6.89. The molecule has 2 aromatic carbocycles. The van der Waals surface area contributed by atoms with E-state index in [1.54, 1.807) is 0 Å². The van der Waals surface area contributed by atoms with E-state index in [4.69, 9.17) is 0 Å². The molecule has 0 aliphatic heterocycles. The average molecular weight is 307 g/mol. The lowest BCUT2D eigenvalue weighted by Gasteiger charge is -2.15. The van der Waals surface area contributed by atoms with Crippen LogP contribution >= 0.6 is 0 Å². The van der Waals surface area contributed by atoms with Crippen molar-refractivity contribution >= 4 is 5.91 Å². The molecule has 2 nitrogen and oxygen atoms in total. The second-order valence-corrected chi connectivity index (χ2v) is 5.07. The Kier molecular flexibility index (Phi) is 4.85. The van der Waals surface area contributed by atoms with Gasteiger partial charge in [-0.15, -0.1) is 0 Å². The summed E-state index contributed by atoms with van der Waals surface area (Å²) < 4.78 is 38.7. The summed E-state index contributed by atoms with van der Waals surface area (Å²) in [7, 11) is 0. The van der Waals surface area contributed by atoms with Gasteiger partial charge in [0.25, 0.3) is 5.91 Å². The van der Waals surface area contributed by atoms with Crippen LogP contribution in [0.15, 0.2) is 54.6 Å². The highest BCUT2D eigenvalue weighted by molar-refractivity contribution is 5.95. The Balaban J connectivity index is 2.08. The molecule has 0 saturated carbocycles. The highest BCUT2D eigenvalue weighted by atomic mass is 19.4. The third-order valence-corrected chi connectivity index (χ3v) is 3.41. The van der Waals surface area contributed by atoms with Crippen molar-refractivity contribution in [3.05, 3.63) is 71.3 Å². The van der Waals surface area contributed by atoms with E-state index in [0.717, 1.165) is 11.6 Å². The molecule has 1 unspecified atom stereocenters. The van der Waals surface area contributed by atoms with Crippen LogP contribution in [0, 0.1) is 0 Å². The number of hydrogen-bond acceptors (Lipinski definition) is 1. The van der Waals surface area contributed by atoms with E-state index < -0.39 is 17.6 Å². The van der Waals surface area contributed by atoms with Crippen molar-refractivity contribution in [3.63, 3.8) is 0 Å². The fourth-order valence-electron chi connectivity index (χ4n) is 2.17. The van der Waals surface area contributed by atoms with Gasteiger partial charge in [-0.3, -0.25) is 4.79 Å². The molecule has 0 fully saturated rings. The third kappa shape index (κ3) is 3.87. The van der Waals surface area contributed by atoms with Crippen LogP contribution in [-0.4, -0.2) is 12.5 Å². The number of halogens is 3. The highest BCUT2D eigenvalue weighted by Crippen LogP contribution is 2.31. The zero-order valence-corrected chi connectivity index (χ0v) is 12.0. The molecule has 2 rings (SSSR count). The summed E-state index contributed by atoms with van der Waals surface area (Å²) in [5.74, 6) is -0.695. The maximum Gasteiger partial charge on any atom is 0.417 e. The molecule has 116 valence electrons. The summed E-state index contributed by atoms with van der Waals surface area (Å²) in [5, 5.41) is 2.57. The second-order valence-electron chi connectivity index (χ2n) is 5.07. The van der Waals surface area contributed by atoms with Gasteiger partial charge in [-0.2, -0.15) is 13.2 Å². The number of amides is 1. The van der Waals surface area contributed by atoms with Crippen molar-refractivity contribution < 1.29 is 18.0 Å². The monoisotopic (exact) mass is 307 g/mol. The van der Waals surface area contributed by atoms with Crippen molar-refractivity contribution in [1.29, 1.82) is 0 Å². The van der Waals surface area contributed by atoms with Gasteiger partial charge >= 0.3 is 6.18 Å². The van der Waals surface area contributed by atoms with Crippen molar-refractivity contribution in [2.24, 2.45) is 0 Å². The molecule has 0 aromatic heterocycles. The summed E-state index contributed by atoms with van der Waals surface area (Å²) in [5.41, 5.74) is -0.248. The SMILES string of the molecule is CC(CNC(=O)c1ccccc1C(F)(F)F)c1ccccc1. The molecule has 0 aliphatic carbocycles. The molecule has 2 aromatic rings. The van der Waals surface area contributed by atoms with Crippen molar-refractivity contribution in [1.82, 2.24) is 5.32 Å². The third-order valence-electron chi connectivity index (χ3n) is 3.41. The summed E-state index contributed by atoms with van der Waals surface area (Å²) in [6.07, 6.45) is -4.54. The van der Waals surface area contributed by atoms with Crippen molar-refractivity contribution in [2.75, 3.05) is 6.54 Å². The molecular formula is C17H16F3NO. The summed E-state index contributed by atoms with van der Waals surface area (Å²) in [4.78, 5) is 12.0. The first-order chi connectivity index (χ1) is 10.4. The fraction of sp³-hybridized carbons (Fsp3) is 0.235. The van der Waals surface area contributed by atoms with E-state index in [-0.39, 0.29) is 18.0 Å². The molecule has 0 aliphatic rings. The minimum Gasteiger partial charge on any atom is -0.351 e. The molecule has 1 atom stereocenters. The van der Waals surface area contributed by atoms with E-state index in [1.807, 2.05) is 37.3 Å². The van der Waals surface area contributed by atoms with Crippen molar-refractivity contribution in [3.8, 4) is 0 Å². The van der Waals surface area contributed by atoms with Crippen LogP contribution in [0.5, 0.6) is 0 Å². The maximum absolute atomic E-state index is 12.9. The fourth-order valence-corrected chi connectivity index (χ4v) is 2.17. The number of carbonyl (C=O) groups excluding carboxylic acids is 1. The Bertz CT molecular complexity index is 638. The Hall–Kier alpha value is -2.30. The van der Waals surface area contributed by atoms with Crippen LogP contribution in [0.3, 0.4) is 0 Å². The van der Waals surface area contributed by atoms with Crippen LogP contribution < -0.4 is 5.32 Å². The molecule has 22 heavy (non-hydrogen) atoms. The van der Waals surface area contributed by atoms with E-state index >= 15 is 0 Å². The molecular weight excluding hydrogens is 291 g/mol. The number of alkyl halides is 3. The summed E-state index contributed by atoms with van der Waals surface area (Å²) >= 11 is 0. The van der Waals surface area contributed by atoms with Crippen LogP contribution in [0.2, 0.25) is 0 Å². The van der Waals surface area contributed by atoms with Gasteiger partial charge in [-0.1, -0.05) is 49.4 Å². The quantitative estimate of drug-likeness (QED) is 0.899. The zero-order chi connectivity index (χ0) is 16.2. The Morgan fingerprint density at radius 3 is 2.27 bits per heavy atom. The summed E-state index contributed by atoms with van der Waals surface area (Å²) in [6, 6.07) is 14.3. The van der Waals surface area contributed by atoms with E-state index in [1.165, 1.54) is 18.2 Å². The van der Waals surface area contributed by atoms with E-state index in [2.05, 4.69) is 5.32 Å². The smallest absolute Gasteiger partial charge is 0.351 e. The molecule has 0 spiro atoms. The Labute approximate surface area is 127 Å². The maximum atomic E-state index is 12.9. The van der Waals surface area contributed by atoms with Crippen LogP contribution in [0.4, 0.5) is 13.2 Å². The number of carbonyl (C=O) groups is 1. The minimum absolute atomic E-state index is 0.0169. The van der Waals surface area contributed by atoms with E-state index in [9.17, 15) is 18.0 Å². The van der Waals surface area contributed by atoms with Gasteiger partial charge in [0.2, 0.25) is 0 Å². The van der Waals surface area contributed by atoms with E-state index in [0.29, 0.717) is 0 Å². The lowest BCUT2D eigenvalue weighted by Crippen LogP contribution is -2.29. The number of nitrogens with one attached hydrogen (secondary N) is 1. The lowest BCUT2D eigenvalue weighted by molar-refractivity contribution is -0.137. The molecule has 0 radical (unpaired) electrons. The first kappa shape index (κ1) is 16.1. The largest absolute Gasteiger partial charge is 0.417 e. The Morgan fingerprint density at radius 1 is 1.05 bits per heavy atom. The molecule has 1 N–H and O–H groups in total. The average Bonchev–Trinajstić information content (AvgIpc) is 2.52. The normalized spacial score (nSPS) is 12.7. The molecule has 0 heterocycles.